The summed E-state index contributed by atoms with van der Waals surface area (Å²) in [6.07, 6.45) is -0.390. The maximum Gasteiger partial charge on any atom is 0.337 e. The summed E-state index contributed by atoms with van der Waals surface area (Å²) in [6.45, 7) is 8.82. The molecule has 2 atom stereocenters. The van der Waals surface area contributed by atoms with Crippen molar-refractivity contribution in [1.29, 1.82) is 0 Å². The minimum Gasteiger partial charge on any atom is -0.458 e. The zero-order chi connectivity index (χ0) is 10.8. The van der Waals surface area contributed by atoms with Crippen LogP contribution in [0.3, 0.4) is 0 Å². The fourth-order valence-electron chi connectivity index (χ4n) is 1.30. The molecule has 0 bridgehead atoms. The van der Waals surface area contributed by atoms with Gasteiger partial charge in [-0.05, 0) is 27.7 Å². The van der Waals surface area contributed by atoms with Crippen LogP contribution in [0.2, 0.25) is 0 Å². The molecule has 0 aromatic rings. The molecule has 14 heavy (non-hydrogen) atoms. The number of hydrogen-bond donors (Lipinski definition) is 1. The summed E-state index contributed by atoms with van der Waals surface area (Å²) in [4.78, 5) is 11.6. The molecule has 0 aliphatic carbocycles. The first-order valence-corrected chi connectivity index (χ1v) is 4.97. The van der Waals surface area contributed by atoms with Gasteiger partial charge in [0, 0.05) is 13.1 Å². The Morgan fingerprint density at radius 3 is 2.57 bits per heavy atom. The molecule has 1 rings (SSSR count). The van der Waals surface area contributed by atoms with Crippen LogP contribution in [0.1, 0.15) is 27.7 Å². The molecule has 4 heteroatoms. The number of nitrogens with one attached hydrogen (secondary N) is 1. The van der Waals surface area contributed by atoms with E-state index in [9.17, 15) is 4.79 Å². The lowest BCUT2D eigenvalue weighted by atomic mass is 10.2. The maximum atomic E-state index is 11.6. The van der Waals surface area contributed by atoms with Gasteiger partial charge in [-0.2, -0.15) is 0 Å². The second-order valence-electron chi connectivity index (χ2n) is 4.63. The number of rotatable bonds is 1. The summed E-state index contributed by atoms with van der Waals surface area (Å²) in [5.74, 6) is -0.281. The molecule has 0 amide bonds. The van der Waals surface area contributed by atoms with Gasteiger partial charge in [0.15, 0.2) is 6.10 Å². The van der Waals surface area contributed by atoms with Gasteiger partial charge < -0.3 is 14.8 Å². The summed E-state index contributed by atoms with van der Waals surface area (Å²) < 4.78 is 10.7. The fourth-order valence-corrected chi connectivity index (χ4v) is 1.30. The number of carbonyl (C=O) groups excluding carboxylic acids is 1. The van der Waals surface area contributed by atoms with Crippen molar-refractivity contribution in [3.8, 4) is 0 Å². The van der Waals surface area contributed by atoms with Gasteiger partial charge in [-0.15, -0.1) is 0 Å². The molecule has 1 aliphatic heterocycles. The zero-order valence-corrected chi connectivity index (χ0v) is 9.29. The summed E-state index contributed by atoms with van der Waals surface area (Å²) >= 11 is 0. The van der Waals surface area contributed by atoms with Crippen molar-refractivity contribution in [2.45, 2.75) is 45.5 Å². The van der Waals surface area contributed by atoms with Gasteiger partial charge in [0.2, 0.25) is 0 Å². The van der Waals surface area contributed by atoms with E-state index in [1.165, 1.54) is 0 Å². The monoisotopic (exact) mass is 201 g/mol. The molecule has 1 N–H and O–H groups in total. The first-order chi connectivity index (χ1) is 6.38. The highest BCUT2D eigenvalue weighted by molar-refractivity contribution is 5.75. The molecule has 1 aliphatic rings. The van der Waals surface area contributed by atoms with Gasteiger partial charge in [0.25, 0.3) is 0 Å². The molecule has 1 heterocycles. The highest BCUT2D eigenvalue weighted by atomic mass is 16.6. The fraction of sp³-hybridized carbons (Fsp3) is 0.900. The molecule has 0 saturated carbocycles. The van der Waals surface area contributed by atoms with E-state index in [-0.39, 0.29) is 12.1 Å². The zero-order valence-electron chi connectivity index (χ0n) is 9.29. The predicted molar refractivity (Wildman–Crippen MR) is 53.0 cm³/mol. The summed E-state index contributed by atoms with van der Waals surface area (Å²) in [5.41, 5.74) is -0.443. The molecular formula is C10H19NO3. The van der Waals surface area contributed by atoms with Crippen LogP contribution >= 0.6 is 0 Å². The van der Waals surface area contributed by atoms with Crippen LogP contribution in [0.5, 0.6) is 0 Å². The van der Waals surface area contributed by atoms with E-state index >= 15 is 0 Å². The average Bonchev–Trinajstić information content (AvgIpc) is 2.01. The summed E-state index contributed by atoms with van der Waals surface area (Å²) in [7, 11) is 0. The van der Waals surface area contributed by atoms with Crippen molar-refractivity contribution in [3.63, 3.8) is 0 Å². The van der Waals surface area contributed by atoms with Gasteiger partial charge in [-0.25, -0.2) is 4.79 Å². The molecule has 0 spiro atoms. The molecule has 1 saturated heterocycles. The Balaban J connectivity index is 2.44. The van der Waals surface area contributed by atoms with Gasteiger partial charge in [0.05, 0.1) is 6.10 Å². The van der Waals surface area contributed by atoms with Crippen LogP contribution in [0.25, 0.3) is 0 Å². The van der Waals surface area contributed by atoms with Gasteiger partial charge >= 0.3 is 5.97 Å². The largest absolute Gasteiger partial charge is 0.458 e. The third-order valence-corrected chi connectivity index (χ3v) is 1.83. The van der Waals surface area contributed by atoms with Crippen LogP contribution in [-0.2, 0) is 14.3 Å². The Bertz CT molecular complexity index is 210. The molecule has 0 aromatic heterocycles. The van der Waals surface area contributed by atoms with E-state index in [2.05, 4.69) is 5.32 Å². The second-order valence-corrected chi connectivity index (χ2v) is 4.63. The minimum atomic E-state index is -0.460. The van der Waals surface area contributed by atoms with Crippen LogP contribution in [0, 0.1) is 0 Å². The van der Waals surface area contributed by atoms with Gasteiger partial charge in [0.1, 0.15) is 5.60 Å². The molecule has 0 aromatic carbocycles. The van der Waals surface area contributed by atoms with E-state index in [1.807, 2.05) is 27.7 Å². The maximum absolute atomic E-state index is 11.6. The van der Waals surface area contributed by atoms with Crippen molar-refractivity contribution in [2.75, 3.05) is 13.1 Å². The van der Waals surface area contributed by atoms with Crippen molar-refractivity contribution in [3.05, 3.63) is 0 Å². The van der Waals surface area contributed by atoms with E-state index in [4.69, 9.17) is 9.47 Å². The van der Waals surface area contributed by atoms with Gasteiger partial charge in [-0.3, -0.25) is 0 Å². The Hall–Kier alpha value is -0.610. The smallest absolute Gasteiger partial charge is 0.337 e. The Morgan fingerprint density at radius 1 is 1.43 bits per heavy atom. The van der Waals surface area contributed by atoms with Crippen molar-refractivity contribution in [2.24, 2.45) is 0 Å². The Labute approximate surface area is 85.0 Å². The highest BCUT2D eigenvalue weighted by Crippen LogP contribution is 2.12. The topological polar surface area (TPSA) is 47.6 Å². The molecular weight excluding hydrogens is 182 g/mol. The standard InChI is InChI=1S/C10H19NO3/c1-7-5-11-6-8(13-7)9(12)14-10(2,3)4/h7-8,11H,5-6H2,1-4H3/t7-,8-/m1/s1. The molecule has 0 radical (unpaired) electrons. The minimum absolute atomic E-state index is 0.0706. The quantitative estimate of drug-likeness (QED) is 0.635. The SMILES string of the molecule is C[C@@H]1CNC[C@H](C(=O)OC(C)(C)C)O1. The Morgan fingerprint density at radius 2 is 2.07 bits per heavy atom. The molecule has 82 valence electrons. The van der Waals surface area contributed by atoms with Crippen molar-refractivity contribution in [1.82, 2.24) is 5.32 Å². The number of hydrogen-bond acceptors (Lipinski definition) is 4. The third-order valence-electron chi connectivity index (χ3n) is 1.83. The lowest BCUT2D eigenvalue weighted by molar-refractivity contribution is -0.174. The number of esters is 1. The molecule has 0 unspecified atom stereocenters. The van der Waals surface area contributed by atoms with E-state index < -0.39 is 11.7 Å². The first-order valence-electron chi connectivity index (χ1n) is 4.97. The molecule has 1 fully saturated rings. The van der Waals surface area contributed by atoms with Crippen LogP contribution in [0.4, 0.5) is 0 Å². The van der Waals surface area contributed by atoms with E-state index in [1.54, 1.807) is 0 Å². The summed E-state index contributed by atoms with van der Waals surface area (Å²) in [6, 6.07) is 0. The summed E-state index contributed by atoms with van der Waals surface area (Å²) in [5, 5.41) is 3.13. The third kappa shape index (κ3) is 3.64. The number of morpholine rings is 1. The Kier molecular flexibility index (Phi) is 3.50. The van der Waals surface area contributed by atoms with Crippen LogP contribution in [0.15, 0.2) is 0 Å². The molecule has 4 nitrogen and oxygen atoms in total. The number of carbonyl (C=O) groups is 1. The lowest BCUT2D eigenvalue weighted by Crippen LogP contribution is -2.48. The van der Waals surface area contributed by atoms with Gasteiger partial charge in [-0.1, -0.05) is 0 Å². The van der Waals surface area contributed by atoms with E-state index in [0.717, 1.165) is 6.54 Å². The highest BCUT2D eigenvalue weighted by Gasteiger charge is 2.29. The van der Waals surface area contributed by atoms with Crippen LogP contribution in [-0.4, -0.2) is 36.9 Å². The second kappa shape index (κ2) is 4.28. The first kappa shape index (κ1) is 11.5. The van der Waals surface area contributed by atoms with Crippen LogP contribution < -0.4 is 5.32 Å². The lowest BCUT2D eigenvalue weighted by Gasteiger charge is -2.29. The van der Waals surface area contributed by atoms with Crippen molar-refractivity contribution >= 4 is 5.97 Å². The predicted octanol–water partition coefficient (Wildman–Crippen LogP) is 0.705. The normalized spacial score (nSPS) is 28.6. The van der Waals surface area contributed by atoms with Crippen molar-refractivity contribution < 1.29 is 14.3 Å². The van der Waals surface area contributed by atoms with E-state index in [0.29, 0.717) is 6.54 Å². The average molecular weight is 201 g/mol. The number of ether oxygens (including phenoxy) is 2.